The first-order valence-electron chi connectivity index (χ1n) is 12.7. The van der Waals surface area contributed by atoms with Crippen molar-refractivity contribution in [3.8, 4) is 0 Å². The Hall–Kier alpha value is -3.36. The van der Waals surface area contributed by atoms with Gasteiger partial charge in [0.05, 0.1) is 17.5 Å². The highest BCUT2D eigenvalue weighted by Crippen LogP contribution is 2.40. The summed E-state index contributed by atoms with van der Waals surface area (Å²) < 4.78 is 41.1. The van der Waals surface area contributed by atoms with Crippen LogP contribution >= 0.6 is 0 Å². The summed E-state index contributed by atoms with van der Waals surface area (Å²) in [5.74, 6) is -0.523. The molecule has 2 aromatic heterocycles. The number of carboxylic acids is 1. The van der Waals surface area contributed by atoms with E-state index in [9.17, 15) is 27.9 Å². The molecule has 196 valence electrons. The highest BCUT2D eigenvalue weighted by atomic mass is 19.4. The van der Waals surface area contributed by atoms with E-state index < -0.39 is 23.1 Å². The number of rotatable bonds is 5. The summed E-state index contributed by atoms with van der Waals surface area (Å²) in [6, 6.07) is 9.04. The number of aliphatic carboxylic acids is 1. The fourth-order valence-corrected chi connectivity index (χ4v) is 5.73. The molecule has 0 spiro atoms. The molecule has 1 saturated carbocycles. The summed E-state index contributed by atoms with van der Waals surface area (Å²) >= 11 is 0. The average Bonchev–Trinajstić information content (AvgIpc) is 3.18. The molecule has 1 aliphatic heterocycles. The SMILES string of the molecule is C[C@]1(C(=O)O)CC[C@H](CC(=O)N2CCc3c(n(Cc4ccc(C(F)(F)F)cc4)c4ncccc34)C2)CC1. The lowest BCUT2D eigenvalue weighted by Crippen LogP contribution is -2.39. The lowest BCUT2D eigenvalue weighted by molar-refractivity contribution is -0.150. The van der Waals surface area contributed by atoms with Gasteiger partial charge in [-0.2, -0.15) is 13.2 Å². The molecule has 37 heavy (non-hydrogen) atoms. The summed E-state index contributed by atoms with van der Waals surface area (Å²) in [4.78, 5) is 31.2. The number of hydrogen-bond donors (Lipinski definition) is 1. The standard InChI is InChI=1S/C28H30F3N3O3/c1-27(26(36)37)11-8-18(9-12-27)15-24(35)33-14-10-21-22-3-2-13-32-25(22)34(23(21)17-33)16-19-4-6-20(7-5-19)28(29,30)31/h2-7,13,18H,8-12,14-17H2,1H3,(H,36,37)/t18-,27-. The third kappa shape index (κ3) is 4.95. The van der Waals surface area contributed by atoms with Gasteiger partial charge in [0.25, 0.3) is 0 Å². The predicted molar refractivity (Wildman–Crippen MR) is 132 cm³/mol. The molecule has 5 rings (SSSR count). The van der Waals surface area contributed by atoms with Gasteiger partial charge in [-0.1, -0.05) is 12.1 Å². The number of alkyl halides is 3. The number of halogens is 3. The number of fused-ring (bicyclic) bond motifs is 3. The van der Waals surface area contributed by atoms with E-state index in [1.165, 1.54) is 12.1 Å². The molecule has 6 nitrogen and oxygen atoms in total. The Bertz CT molecular complexity index is 1320. The highest BCUT2D eigenvalue weighted by Gasteiger charge is 2.38. The minimum absolute atomic E-state index is 0.0638. The average molecular weight is 514 g/mol. The van der Waals surface area contributed by atoms with Gasteiger partial charge in [-0.05, 0) is 80.3 Å². The van der Waals surface area contributed by atoms with Crippen LogP contribution in [0.1, 0.15) is 61.4 Å². The minimum atomic E-state index is -4.38. The van der Waals surface area contributed by atoms with Gasteiger partial charge in [0.2, 0.25) is 5.91 Å². The number of carbonyl (C=O) groups is 2. The van der Waals surface area contributed by atoms with E-state index in [1.54, 1.807) is 13.1 Å². The number of amides is 1. The molecule has 0 bridgehead atoms. The van der Waals surface area contributed by atoms with Crippen LogP contribution in [0.15, 0.2) is 42.6 Å². The van der Waals surface area contributed by atoms with Crippen LogP contribution in [0, 0.1) is 11.3 Å². The summed E-state index contributed by atoms with van der Waals surface area (Å²) in [6.07, 6.45) is 1.03. The van der Waals surface area contributed by atoms with E-state index in [0.717, 1.165) is 52.8 Å². The van der Waals surface area contributed by atoms with Crippen LogP contribution < -0.4 is 0 Å². The van der Waals surface area contributed by atoms with Crippen molar-refractivity contribution in [2.75, 3.05) is 6.54 Å². The fourth-order valence-electron chi connectivity index (χ4n) is 5.73. The van der Waals surface area contributed by atoms with E-state index in [-0.39, 0.29) is 11.8 Å². The fraction of sp³-hybridized carbons (Fsp3) is 0.464. The first kappa shape index (κ1) is 25.3. The number of hydrogen-bond acceptors (Lipinski definition) is 3. The smallest absolute Gasteiger partial charge is 0.416 e. The Morgan fingerprint density at radius 2 is 1.84 bits per heavy atom. The zero-order valence-electron chi connectivity index (χ0n) is 20.7. The molecule has 0 unspecified atom stereocenters. The van der Waals surface area contributed by atoms with Crippen molar-refractivity contribution in [2.45, 2.75) is 64.7 Å². The van der Waals surface area contributed by atoms with Crippen molar-refractivity contribution in [3.05, 3.63) is 65.0 Å². The van der Waals surface area contributed by atoms with Gasteiger partial charge in [-0.15, -0.1) is 0 Å². The summed E-state index contributed by atoms with van der Waals surface area (Å²) in [5, 5.41) is 10.5. The van der Waals surface area contributed by atoms with Crippen LogP contribution in [-0.4, -0.2) is 38.0 Å². The van der Waals surface area contributed by atoms with Crippen LogP contribution in [-0.2, 0) is 35.3 Å². The molecule has 2 aliphatic rings. The molecule has 1 aromatic carbocycles. The second-order valence-electron chi connectivity index (χ2n) is 10.7. The van der Waals surface area contributed by atoms with Crippen LogP contribution in [0.4, 0.5) is 13.2 Å². The molecule has 3 aromatic rings. The van der Waals surface area contributed by atoms with Gasteiger partial charge in [0.1, 0.15) is 5.65 Å². The van der Waals surface area contributed by atoms with E-state index in [2.05, 4.69) is 4.98 Å². The van der Waals surface area contributed by atoms with Gasteiger partial charge in [-0.3, -0.25) is 9.59 Å². The first-order valence-corrected chi connectivity index (χ1v) is 12.7. The quantitative estimate of drug-likeness (QED) is 0.478. The Morgan fingerprint density at radius 3 is 2.49 bits per heavy atom. The summed E-state index contributed by atoms with van der Waals surface area (Å²) in [6.45, 7) is 3.16. The van der Waals surface area contributed by atoms with Crippen molar-refractivity contribution >= 4 is 22.9 Å². The lowest BCUT2D eigenvalue weighted by Gasteiger charge is -2.35. The van der Waals surface area contributed by atoms with Crippen molar-refractivity contribution in [3.63, 3.8) is 0 Å². The van der Waals surface area contributed by atoms with Crippen molar-refractivity contribution < 1.29 is 27.9 Å². The Morgan fingerprint density at radius 1 is 1.14 bits per heavy atom. The van der Waals surface area contributed by atoms with Gasteiger partial charge in [0, 0.05) is 36.8 Å². The molecular weight excluding hydrogens is 483 g/mol. The van der Waals surface area contributed by atoms with Crippen LogP contribution in [0.2, 0.25) is 0 Å². The topological polar surface area (TPSA) is 75.4 Å². The number of nitrogens with zero attached hydrogens (tertiary/aromatic N) is 3. The molecule has 0 saturated heterocycles. The second kappa shape index (κ2) is 9.50. The Balaban J connectivity index is 1.34. The van der Waals surface area contributed by atoms with Gasteiger partial charge in [0.15, 0.2) is 0 Å². The Labute approximate surface area is 213 Å². The lowest BCUT2D eigenvalue weighted by atomic mass is 9.71. The van der Waals surface area contributed by atoms with Gasteiger partial charge < -0.3 is 14.6 Å². The maximum atomic E-state index is 13.3. The third-order valence-corrected chi connectivity index (χ3v) is 8.18. The van der Waals surface area contributed by atoms with Crippen LogP contribution in [0.5, 0.6) is 0 Å². The van der Waals surface area contributed by atoms with Crippen molar-refractivity contribution in [1.82, 2.24) is 14.5 Å². The van der Waals surface area contributed by atoms with Crippen molar-refractivity contribution in [2.24, 2.45) is 11.3 Å². The van der Waals surface area contributed by atoms with Gasteiger partial charge in [-0.25, -0.2) is 4.98 Å². The molecule has 1 N–H and O–H groups in total. The summed E-state index contributed by atoms with van der Waals surface area (Å²) in [5.41, 5.74) is 2.21. The molecule has 1 aliphatic carbocycles. The van der Waals surface area contributed by atoms with E-state index in [0.29, 0.717) is 45.3 Å². The predicted octanol–water partition coefficient (Wildman–Crippen LogP) is 5.66. The molecule has 0 atom stereocenters. The zero-order chi connectivity index (χ0) is 26.4. The first-order chi connectivity index (χ1) is 17.5. The zero-order valence-corrected chi connectivity index (χ0v) is 20.7. The number of carbonyl (C=O) groups excluding carboxylic acids is 1. The number of aromatic nitrogens is 2. The highest BCUT2D eigenvalue weighted by molar-refractivity contribution is 5.84. The number of carboxylic acid groups (broad SMARTS) is 1. The number of benzene rings is 1. The second-order valence-corrected chi connectivity index (χ2v) is 10.7. The monoisotopic (exact) mass is 513 g/mol. The normalized spacial score (nSPS) is 22.2. The van der Waals surface area contributed by atoms with Crippen molar-refractivity contribution in [1.29, 1.82) is 0 Å². The molecule has 9 heteroatoms. The van der Waals surface area contributed by atoms with Crippen LogP contribution in [0.25, 0.3) is 11.0 Å². The molecule has 0 radical (unpaired) electrons. The molecule has 1 fully saturated rings. The maximum absolute atomic E-state index is 13.3. The van der Waals surface area contributed by atoms with Crippen LogP contribution in [0.3, 0.4) is 0 Å². The maximum Gasteiger partial charge on any atom is 0.416 e. The number of pyridine rings is 1. The van der Waals surface area contributed by atoms with Gasteiger partial charge >= 0.3 is 12.1 Å². The third-order valence-electron chi connectivity index (χ3n) is 8.18. The van der Waals surface area contributed by atoms with E-state index in [4.69, 9.17) is 0 Å². The largest absolute Gasteiger partial charge is 0.481 e. The summed E-state index contributed by atoms with van der Waals surface area (Å²) in [7, 11) is 0. The van der Waals surface area contributed by atoms with E-state index in [1.807, 2.05) is 21.6 Å². The molecule has 1 amide bonds. The Kier molecular flexibility index (Phi) is 6.50. The molecular formula is C28H30F3N3O3. The molecule has 3 heterocycles. The minimum Gasteiger partial charge on any atom is -0.481 e. The van der Waals surface area contributed by atoms with E-state index >= 15 is 0 Å².